The van der Waals surface area contributed by atoms with E-state index in [0.717, 1.165) is 11.0 Å². The number of methoxy groups -OCH3 is 1. The Bertz CT molecular complexity index is 637. The van der Waals surface area contributed by atoms with Crippen molar-refractivity contribution in [3.63, 3.8) is 0 Å². The molecule has 0 spiro atoms. The second-order valence-electron chi connectivity index (χ2n) is 4.82. The second-order valence-corrected chi connectivity index (χ2v) is 4.82. The summed E-state index contributed by atoms with van der Waals surface area (Å²) >= 11 is 0. The molecule has 0 bridgehead atoms. The van der Waals surface area contributed by atoms with Gasteiger partial charge in [-0.1, -0.05) is 0 Å². The van der Waals surface area contributed by atoms with Crippen LogP contribution in [0.15, 0.2) is 12.1 Å². The first-order chi connectivity index (χ1) is 11.3. The fourth-order valence-corrected chi connectivity index (χ4v) is 1.87. The number of rotatable bonds is 7. The molecule has 0 saturated carbocycles. The molecular weight excluding hydrogens is 329 g/mol. The van der Waals surface area contributed by atoms with E-state index in [2.05, 4.69) is 10.1 Å². The number of carbonyl (C=O) groups is 3. The lowest BCUT2D eigenvalue weighted by Crippen LogP contribution is -2.39. The van der Waals surface area contributed by atoms with E-state index in [-0.39, 0.29) is 32.0 Å². The normalized spacial score (nSPS) is 10.2. The van der Waals surface area contributed by atoms with Crippen molar-refractivity contribution >= 4 is 17.8 Å². The first kappa shape index (κ1) is 19.5. The molecule has 24 heavy (non-hydrogen) atoms. The van der Waals surface area contributed by atoms with Gasteiger partial charge >= 0.3 is 5.97 Å². The SMILES string of the molecule is COC(=O)CCN(CCNC(C)=O)C(=O)c1ccc(F)c(F)c1F. The maximum Gasteiger partial charge on any atom is 0.307 e. The van der Waals surface area contributed by atoms with Gasteiger partial charge in [-0.15, -0.1) is 0 Å². The number of amides is 2. The summed E-state index contributed by atoms with van der Waals surface area (Å²) in [6.45, 7) is 1.14. The number of hydrogen-bond donors (Lipinski definition) is 1. The molecule has 0 aromatic heterocycles. The number of nitrogens with one attached hydrogen (secondary N) is 1. The van der Waals surface area contributed by atoms with Crippen molar-refractivity contribution in [2.45, 2.75) is 13.3 Å². The van der Waals surface area contributed by atoms with Crippen molar-refractivity contribution in [1.82, 2.24) is 10.2 Å². The number of hydrogen-bond acceptors (Lipinski definition) is 4. The van der Waals surface area contributed by atoms with Crippen LogP contribution in [-0.2, 0) is 14.3 Å². The minimum Gasteiger partial charge on any atom is -0.469 e. The van der Waals surface area contributed by atoms with Crippen LogP contribution < -0.4 is 5.32 Å². The molecule has 1 N–H and O–H groups in total. The zero-order chi connectivity index (χ0) is 18.3. The lowest BCUT2D eigenvalue weighted by molar-refractivity contribution is -0.140. The first-order valence-electron chi connectivity index (χ1n) is 7.02. The van der Waals surface area contributed by atoms with Crippen molar-refractivity contribution < 1.29 is 32.3 Å². The van der Waals surface area contributed by atoms with Crippen LogP contribution in [0.1, 0.15) is 23.7 Å². The van der Waals surface area contributed by atoms with E-state index in [0.29, 0.717) is 6.07 Å². The second kappa shape index (κ2) is 8.90. The molecule has 0 fully saturated rings. The van der Waals surface area contributed by atoms with Crippen LogP contribution in [0.25, 0.3) is 0 Å². The Hall–Kier alpha value is -2.58. The Morgan fingerprint density at radius 1 is 1.12 bits per heavy atom. The average molecular weight is 346 g/mol. The van der Waals surface area contributed by atoms with E-state index in [9.17, 15) is 27.6 Å². The van der Waals surface area contributed by atoms with Gasteiger partial charge in [0.15, 0.2) is 17.5 Å². The van der Waals surface area contributed by atoms with E-state index in [1.165, 1.54) is 14.0 Å². The fraction of sp³-hybridized carbons (Fsp3) is 0.400. The summed E-state index contributed by atoms with van der Waals surface area (Å²) in [5.74, 6) is -6.64. The Morgan fingerprint density at radius 3 is 2.38 bits per heavy atom. The van der Waals surface area contributed by atoms with Crippen LogP contribution >= 0.6 is 0 Å². The van der Waals surface area contributed by atoms with Crippen molar-refractivity contribution in [3.8, 4) is 0 Å². The van der Waals surface area contributed by atoms with Crippen molar-refractivity contribution in [1.29, 1.82) is 0 Å². The molecule has 1 rings (SSSR count). The first-order valence-corrected chi connectivity index (χ1v) is 7.02. The van der Waals surface area contributed by atoms with E-state index in [1.54, 1.807) is 0 Å². The Kier molecular flexibility index (Phi) is 7.22. The van der Waals surface area contributed by atoms with Gasteiger partial charge in [-0.2, -0.15) is 0 Å². The number of ether oxygens (including phenoxy) is 1. The third-order valence-electron chi connectivity index (χ3n) is 3.12. The van der Waals surface area contributed by atoms with Gasteiger partial charge in [0.25, 0.3) is 5.91 Å². The highest BCUT2D eigenvalue weighted by atomic mass is 19.2. The zero-order valence-electron chi connectivity index (χ0n) is 13.2. The number of nitrogens with zero attached hydrogens (tertiary/aromatic N) is 1. The minimum atomic E-state index is -1.75. The molecule has 0 unspecified atom stereocenters. The fourth-order valence-electron chi connectivity index (χ4n) is 1.87. The number of benzene rings is 1. The van der Waals surface area contributed by atoms with Gasteiger partial charge in [0.2, 0.25) is 5.91 Å². The summed E-state index contributed by atoms with van der Waals surface area (Å²) in [5, 5.41) is 2.44. The highest BCUT2D eigenvalue weighted by Gasteiger charge is 2.23. The lowest BCUT2D eigenvalue weighted by atomic mass is 10.1. The van der Waals surface area contributed by atoms with Crippen molar-refractivity contribution in [2.75, 3.05) is 26.7 Å². The van der Waals surface area contributed by atoms with E-state index in [1.807, 2.05) is 0 Å². The molecule has 0 aliphatic carbocycles. The molecule has 1 aromatic rings. The third kappa shape index (κ3) is 5.25. The number of esters is 1. The average Bonchev–Trinajstić information content (AvgIpc) is 2.54. The molecule has 0 aliphatic heterocycles. The quantitative estimate of drug-likeness (QED) is 0.595. The zero-order valence-corrected chi connectivity index (χ0v) is 13.2. The molecule has 9 heteroatoms. The van der Waals surface area contributed by atoms with E-state index < -0.39 is 34.9 Å². The Balaban J connectivity index is 2.94. The minimum absolute atomic E-state index is 0.0478. The van der Waals surface area contributed by atoms with Gasteiger partial charge in [-0.3, -0.25) is 14.4 Å². The predicted molar refractivity (Wildman–Crippen MR) is 77.5 cm³/mol. The molecule has 1 aromatic carbocycles. The molecule has 6 nitrogen and oxygen atoms in total. The molecule has 0 saturated heterocycles. The summed E-state index contributed by atoms with van der Waals surface area (Å²) < 4.78 is 44.5. The highest BCUT2D eigenvalue weighted by Crippen LogP contribution is 2.17. The highest BCUT2D eigenvalue weighted by molar-refractivity contribution is 5.94. The topological polar surface area (TPSA) is 75.7 Å². The standard InChI is InChI=1S/C15H17F3N2O4/c1-9(21)19-6-8-20(7-5-12(22)24-2)15(23)10-3-4-11(16)14(18)13(10)17/h3-4H,5-8H2,1-2H3,(H,19,21). The molecule has 0 aliphatic rings. The summed E-state index contributed by atoms with van der Waals surface area (Å²) in [4.78, 5) is 35.5. The predicted octanol–water partition coefficient (Wildman–Crippen LogP) is 1.25. The third-order valence-corrected chi connectivity index (χ3v) is 3.12. The van der Waals surface area contributed by atoms with Gasteiger partial charge in [-0.05, 0) is 12.1 Å². The Labute approximate surface area is 136 Å². The maximum atomic E-state index is 13.8. The smallest absolute Gasteiger partial charge is 0.307 e. The summed E-state index contributed by atoms with van der Waals surface area (Å²) in [5.41, 5.74) is -0.665. The van der Waals surface area contributed by atoms with Gasteiger partial charge in [0.1, 0.15) is 0 Å². The Morgan fingerprint density at radius 2 is 1.79 bits per heavy atom. The monoisotopic (exact) mass is 346 g/mol. The molecular formula is C15H17F3N2O4. The number of carbonyl (C=O) groups excluding carboxylic acids is 3. The van der Waals surface area contributed by atoms with Crippen LogP contribution in [0.2, 0.25) is 0 Å². The van der Waals surface area contributed by atoms with Crippen LogP contribution in [0.4, 0.5) is 13.2 Å². The summed E-state index contributed by atoms with van der Waals surface area (Å²) in [7, 11) is 1.17. The number of halogens is 3. The molecule has 0 heterocycles. The van der Waals surface area contributed by atoms with Crippen LogP contribution in [0.5, 0.6) is 0 Å². The van der Waals surface area contributed by atoms with Crippen molar-refractivity contribution in [2.24, 2.45) is 0 Å². The lowest BCUT2D eigenvalue weighted by Gasteiger charge is -2.22. The van der Waals surface area contributed by atoms with Crippen molar-refractivity contribution in [3.05, 3.63) is 35.1 Å². The maximum absolute atomic E-state index is 13.8. The van der Waals surface area contributed by atoms with Gasteiger partial charge in [0, 0.05) is 26.6 Å². The van der Waals surface area contributed by atoms with E-state index in [4.69, 9.17) is 0 Å². The largest absolute Gasteiger partial charge is 0.469 e. The van der Waals surface area contributed by atoms with Gasteiger partial charge in [0.05, 0.1) is 19.1 Å². The van der Waals surface area contributed by atoms with E-state index >= 15 is 0 Å². The van der Waals surface area contributed by atoms with Crippen LogP contribution in [-0.4, -0.2) is 49.4 Å². The summed E-state index contributed by atoms with van der Waals surface area (Å²) in [6, 6.07) is 1.46. The van der Waals surface area contributed by atoms with Crippen LogP contribution in [0.3, 0.4) is 0 Å². The molecule has 0 radical (unpaired) electrons. The molecule has 132 valence electrons. The molecule has 2 amide bonds. The molecule has 0 atom stereocenters. The summed E-state index contributed by atoms with van der Waals surface area (Å²) in [6.07, 6.45) is -0.173. The van der Waals surface area contributed by atoms with Gasteiger partial charge in [-0.25, -0.2) is 13.2 Å². The van der Waals surface area contributed by atoms with Gasteiger partial charge < -0.3 is 15.0 Å². The van der Waals surface area contributed by atoms with Crippen LogP contribution in [0, 0.1) is 17.5 Å².